The van der Waals surface area contributed by atoms with Crippen molar-refractivity contribution in [1.29, 1.82) is 0 Å². The molecular weight excluding hydrogens is 208 g/mol. The summed E-state index contributed by atoms with van der Waals surface area (Å²) < 4.78 is 4.81. The molecule has 1 heteroatoms. The van der Waals surface area contributed by atoms with E-state index in [9.17, 15) is 0 Å². The van der Waals surface area contributed by atoms with E-state index in [2.05, 4.69) is 19.1 Å². The van der Waals surface area contributed by atoms with Gasteiger partial charge in [0.25, 0.3) is 0 Å². The van der Waals surface area contributed by atoms with Gasteiger partial charge in [-0.25, -0.2) is 0 Å². The highest BCUT2D eigenvalue weighted by atomic mass is 16.5. The third kappa shape index (κ3) is 15.3. The summed E-state index contributed by atoms with van der Waals surface area (Å²) in [6.07, 6.45) is 21.7. The largest absolute Gasteiger partial charge is 0.504 e. The molecule has 0 spiro atoms. The summed E-state index contributed by atoms with van der Waals surface area (Å²) in [5.41, 5.74) is 0. The van der Waals surface area contributed by atoms with Gasteiger partial charge in [0.1, 0.15) is 0 Å². The van der Waals surface area contributed by atoms with Gasteiger partial charge in [-0.3, -0.25) is 0 Å². The summed E-state index contributed by atoms with van der Waals surface area (Å²) in [6.45, 7) is 2.27. The van der Waals surface area contributed by atoms with E-state index in [4.69, 9.17) is 4.74 Å². The fourth-order valence-electron chi connectivity index (χ4n) is 1.87. The van der Waals surface area contributed by atoms with Crippen LogP contribution in [0.2, 0.25) is 0 Å². The average molecular weight is 238 g/mol. The Kier molecular flexibility index (Phi) is 14.6. The minimum absolute atomic E-state index is 1.20. The first-order valence-corrected chi connectivity index (χ1v) is 7.26. The highest BCUT2D eigenvalue weighted by Gasteiger charge is 1.90. The Morgan fingerprint density at radius 2 is 1.35 bits per heavy atom. The van der Waals surface area contributed by atoms with Gasteiger partial charge in [0, 0.05) is 0 Å². The number of allylic oxidation sites excluding steroid dienone is 3. The molecule has 0 unspecified atom stereocenters. The number of rotatable bonds is 12. The fourth-order valence-corrected chi connectivity index (χ4v) is 1.87. The highest BCUT2D eigenvalue weighted by molar-refractivity contribution is 4.99. The third-order valence-electron chi connectivity index (χ3n) is 2.94. The van der Waals surface area contributed by atoms with Crippen LogP contribution >= 0.6 is 0 Å². The van der Waals surface area contributed by atoms with Crippen molar-refractivity contribution in [3.05, 3.63) is 24.5 Å². The SMILES string of the molecule is CCCCCCCCCCCC=CC=COC. The van der Waals surface area contributed by atoms with Crippen molar-refractivity contribution in [2.24, 2.45) is 0 Å². The van der Waals surface area contributed by atoms with Crippen LogP contribution in [0.5, 0.6) is 0 Å². The lowest BCUT2D eigenvalue weighted by Gasteiger charge is -2.00. The van der Waals surface area contributed by atoms with Gasteiger partial charge >= 0.3 is 0 Å². The van der Waals surface area contributed by atoms with Crippen LogP contribution in [-0.2, 0) is 4.74 Å². The monoisotopic (exact) mass is 238 g/mol. The fraction of sp³-hybridized carbons (Fsp3) is 0.750. The second-order valence-electron chi connectivity index (χ2n) is 4.61. The zero-order valence-electron chi connectivity index (χ0n) is 11.8. The molecule has 0 aromatic heterocycles. The molecule has 0 aliphatic heterocycles. The molecule has 0 bridgehead atoms. The molecule has 0 amide bonds. The molecule has 0 saturated carbocycles. The van der Waals surface area contributed by atoms with Crippen LogP contribution in [0.1, 0.15) is 71.1 Å². The second-order valence-corrected chi connectivity index (χ2v) is 4.61. The molecule has 17 heavy (non-hydrogen) atoms. The molecule has 0 saturated heterocycles. The van der Waals surface area contributed by atoms with Crippen molar-refractivity contribution >= 4 is 0 Å². The molecule has 0 aliphatic carbocycles. The molecule has 0 fully saturated rings. The number of hydrogen-bond donors (Lipinski definition) is 0. The summed E-state index contributed by atoms with van der Waals surface area (Å²) in [6, 6.07) is 0. The first kappa shape index (κ1) is 16.3. The van der Waals surface area contributed by atoms with E-state index in [0.29, 0.717) is 0 Å². The predicted octanol–water partition coefficient (Wildman–Crippen LogP) is 5.62. The lowest BCUT2D eigenvalue weighted by molar-refractivity contribution is 0.338. The first-order chi connectivity index (χ1) is 8.41. The smallest absolute Gasteiger partial charge is 0.0824 e. The minimum atomic E-state index is 1.20. The maximum absolute atomic E-state index is 4.81. The molecule has 0 N–H and O–H groups in total. The molecule has 100 valence electrons. The van der Waals surface area contributed by atoms with Crippen LogP contribution in [-0.4, -0.2) is 7.11 Å². The zero-order chi connectivity index (χ0) is 12.6. The van der Waals surface area contributed by atoms with Crippen molar-refractivity contribution in [1.82, 2.24) is 0 Å². The molecule has 1 nitrogen and oxygen atoms in total. The van der Waals surface area contributed by atoms with Crippen LogP contribution < -0.4 is 0 Å². The number of unbranched alkanes of at least 4 members (excludes halogenated alkanes) is 9. The van der Waals surface area contributed by atoms with Gasteiger partial charge in [0.05, 0.1) is 13.4 Å². The number of methoxy groups -OCH3 is 1. The molecule has 0 rings (SSSR count). The van der Waals surface area contributed by atoms with Gasteiger partial charge < -0.3 is 4.74 Å². The summed E-state index contributed by atoms with van der Waals surface area (Å²) >= 11 is 0. The van der Waals surface area contributed by atoms with E-state index in [-0.39, 0.29) is 0 Å². The Labute approximate surface area is 108 Å². The van der Waals surface area contributed by atoms with E-state index in [1.165, 1.54) is 64.2 Å². The van der Waals surface area contributed by atoms with E-state index in [1.807, 2.05) is 6.08 Å². The van der Waals surface area contributed by atoms with Gasteiger partial charge in [0.15, 0.2) is 0 Å². The summed E-state index contributed by atoms with van der Waals surface area (Å²) in [7, 11) is 1.67. The highest BCUT2D eigenvalue weighted by Crippen LogP contribution is 2.10. The van der Waals surface area contributed by atoms with Crippen LogP contribution in [0.4, 0.5) is 0 Å². The quantitative estimate of drug-likeness (QED) is 0.243. The molecule has 0 aromatic rings. The van der Waals surface area contributed by atoms with Gasteiger partial charge in [0.2, 0.25) is 0 Å². The number of hydrogen-bond acceptors (Lipinski definition) is 1. The predicted molar refractivity (Wildman–Crippen MR) is 77.1 cm³/mol. The Hall–Kier alpha value is -0.720. The van der Waals surface area contributed by atoms with Crippen molar-refractivity contribution < 1.29 is 4.74 Å². The molecule has 0 radical (unpaired) electrons. The standard InChI is InChI=1S/C16H30O/c1-3-4-5-6-7-8-9-10-11-12-13-14-15-16-17-2/h13-16H,3-12H2,1-2H3. The molecule has 0 aromatic carbocycles. The molecule has 0 atom stereocenters. The lowest BCUT2D eigenvalue weighted by atomic mass is 10.1. The summed E-state index contributed by atoms with van der Waals surface area (Å²) in [4.78, 5) is 0. The van der Waals surface area contributed by atoms with Gasteiger partial charge in [-0.1, -0.05) is 70.4 Å². The normalized spacial score (nSPS) is 11.6. The molecule has 0 heterocycles. The van der Waals surface area contributed by atoms with Gasteiger partial charge in [-0.05, 0) is 18.9 Å². The van der Waals surface area contributed by atoms with E-state index in [1.54, 1.807) is 13.4 Å². The van der Waals surface area contributed by atoms with Crippen LogP contribution in [0.25, 0.3) is 0 Å². The second kappa shape index (κ2) is 15.3. The van der Waals surface area contributed by atoms with Crippen molar-refractivity contribution in [3.63, 3.8) is 0 Å². The Morgan fingerprint density at radius 1 is 0.765 bits per heavy atom. The Morgan fingerprint density at radius 3 is 1.94 bits per heavy atom. The van der Waals surface area contributed by atoms with Crippen LogP contribution in [0, 0.1) is 0 Å². The van der Waals surface area contributed by atoms with Gasteiger partial charge in [-0.15, -0.1) is 0 Å². The minimum Gasteiger partial charge on any atom is -0.504 e. The van der Waals surface area contributed by atoms with Crippen molar-refractivity contribution in [2.75, 3.05) is 7.11 Å². The average Bonchev–Trinajstić information content (AvgIpc) is 2.35. The summed E-state index contributed by atoms with van der Waals surface area (Å²) in [5.74, 6) is 0. The Bertz CT molecular complexity index is 182. The topological polar surface area (TPSA) is 9.23 Å². The molecule has 0 aliphatic rings. The zero-order valence-corrected chi connectivity index (χ0v) is 11.8. The maximum Gasteiger partial charge on any atom is 0.0824 e. The van der Waals surface area contributed by atoms with E-state index in [0.717, 1.165) is 0 Å². The van der Waals surface area contributed by atoms with E-state index < -0.39 is 0 Å². The first-order valence-electron chi connectivity index (χ1n) is 7.26. The van der Waals surface area contributed by atoms with E-state index >= 15 is 0 Å². The van der Waals surface area contributed by atoms with Crippen LogP contribution in [0.3, 0.4) is 0 Å². The van der Waals surface area contributed by atoms with Gasteiger partial charge in [-0.2, -0.15) is 0 Å². The van der Waals surface area contributed by atoms with Crippen molar-refractivity contribution in [3.8, 4) is 0 Å². The lowest BCUT2D eigenvalue weighted by Crippen LogP contribution is -1.80. The van der Waals surface area contributed by atoms with Crippen LogP contribution in [0.15, 0.2) is 24.5 Å². The Balaban J connectivity index is 3.03. The van der Waals surface area contributed by atoms with Crippen molar-refractivity contribution in [2.45, 2.75) is 71.1 Å². The molecular formula is C16H30O. The number of ether oxygens (including phenoxy) is 1. The maximum atomic E-state index is 4.81. The third-order valence-corrected chi connectivity index (χ3v) is 2.94. The summed E-state index contributed by atoms with van der Waals surface area (Å²) in [5, 5.41) is 0.